The van der Waals surface area contributed by atoms with Crippen LogP contribution in [0.25, 0.3) is 11.1 Å². The lowest BCUT2D eigenvalue weighted by Gasteiger charge is -2.02. The minimum absolute atomic E-state index is 1.12. The molecule has 0 fully saturated rings. The van der Waals surface area contributed by atoms with Crippen LogP contribution in [0.1, 0.15) is 19.4 Å². The summed E-state index contributed by atoms with van der Waals surface area (Å²) in [4.78, 5) is 0. The smallest absolute Gasteiger partial charge is 0.0181 e. The number of hydrogen-bond acceptors (Lipinski definition) is 0. The second kappa shape index (κ2) is 6.49. The predicted octanol–water partition coefficient (Wildman–Crippen LogP) is 5.45. The second-order valence-electron chi connectivity index (χ2n) is 3.38. The van der Waals surface area contributed by atoms with Gasteiger partial charge in [0.05, 0.1) is 0 Å². The molecule has 0 atom stereocenters. The van der Waals surface area contributed by atoms with E-state index in [-0.39, 0.29) is 0 Å². The van der Waals surface area contributed by atoms with E-state index < -0.39 is 0 Å². The molecule has 0 bridgehead atoms. The third-order valence-electron chi connectivity index (χ3n) is 2.18. The number of halogens is 1. The molecule has 0 aliphatic heterocycles. The summed E-state index contributed by atoms with van der Waals surface area (Å²) in [6.07, 6.45) is 0. The van der Waals surface area contributed by atoms with Gasteiger partial charge in [-0.2, -0.15) is 0 Å². The molecule has 0 radical (unpaired) electrons. The van der Waals surface area contributed by atoms with Gasteiger partial charge in [-0.25, -0.2) is 0 Å². The van der Waals surface area contributed by atoms with Crippen molar-refractivity contribution in [1.29, 1.82) is 0 Å². The first-order valence-electron chi connectivity index (χ1n) is 5.58. The van der Waals surface area contributed by atoms with Crippen LogP contribution >= 0.6 is 15.9 Å². The van der Waals surface area contributed by atoms with Crippen LogP contribution in [-0.4, -0.2) is 0 Å². The molecule has 2 aromatic rings. The monoisotopic (exact) mass is 276 g/mol. The molecule has 0 saturated carbocycles. The first-order valence-corrected chi connectivity index (χ1v) is 6.37. The maximum absolute atomic E-state index is 3.48. The van der Waals surface area contributed by atoms with E-state index >= 15 is 0 Å². The number of benzene rings is 2. The zero-order valence-electron chi connectivity index (χ0n) is 10.00. The molecule has 0 amide bonds. The van der Waals surface area contributed by atoms with Crippen molar-refractivity contribution >= 4 is 15.9 Å². The molecule has 0 saturated heterocycles. The van der Waals surface area contributed by atoms with Crippen molar-refractivity contribution in [3.8, 4) is 11.1 Å². The molecule has 0 unspecified atom stereocenters. The van der Waals surface area contributed by atoms with Gasteiger partial charge < -0.3 is 0 Å². The Bertz CT molecular complexity index is 403. The van der Waals surface area contributed by atoms with E-state index in [1.54, 1.807) is 0 Å². The Morgan fingerprint density at radius 3 is 1.94 bits per heavy atom. The molecule has 0 aliphatic carbocycles. The van der Waals surface area contributed by atoms with Crippen molar-refractivity contribution < 1.29 is 0 Å². The van der Waals surface area contributed by atoms with Gasteiger partial charge in [0.2, 0.25) is 0 Å². The second-order valence-corrected chi connectivity index (χ2v) is 4.30. The Morgan fingerprint density at radius 2 is 1.38 bits per heavy atom. The molecule has 2 aromatic carbocycles. The molecule has 2 rings (SSSR count). The van der Waals surface area contributed by atoms with Crippen LogP contribution in [0.3, 0.4) is 0 Å². The van der Waals surface area contributed by atoms with Crippen molar-refractivity contribution in [2.45, 2.75) is 20.8 Å². The minimum atomic E-state index is 1.12. The Kier molecular flexibility index (Phi) is 5.27. The predicted molar refractivity (Wildman–Crippen MR) is 75.7 cm³/mol. The van der Waals surface area contributed by atoms with E-state index in [2.05, 4.69) is 65.3 Å². The summed E-state index contributed by atoms with van der Waals surface area (Å²) in [6, 6.07) is 16.9. The lowest BCUT2D eigenvalue weighted by Crippen LogP contribution is -1.78. The fraction of sp³-hybridized carbons (Fsp3) is 0.200. The highest BCUT2D eigenvalue weighted by molar-refractivity contribution is 9.10. The number of hydrogen-bond donors (Lipinski definition) is 0. The van der Waals surface area contributed by atoms with Gasteiger partial charge in [-0.3, -0.25) is 0 Å². The van der Waals surface area contributed by atoms with E-state index in [4.69, 9.17) is 0 Å². The highest BCUT2D eigenvalue weighted by atomic mass is 79.9. The molecule has 0 heterocycles. The molecule has 84 valence electrons. The maximum atomic E-state index is 3.48. The lowest BCUT2D eigenvalue weighted by atomic mass is 10.0. The SMILES string of the molecule is CC.Cc1cccc(-c2cccc(Br)c2)c1. The Morgan fingerprint density at radius 1 is 0.812 bits per heavy atom. The van der Waals surface area contributed by atoms with E-state index in [9.17, 15) is 0 Å². The van der Waals surface area contributed by atoms with E-state index in [0.717, 1.165) is 4.47 Å². The molecule has 0 aromatic heterocycles. The molecule has 0 aliphatic rings. The van der Waals surface area contributed by atoms with Crippen LogP contribution < -0.4 is 0 Å². The zero-order chi connectivity index (χ0) is 12.0. The van der Waals surface area contributed by atoms with Crippen LogP contribution in [0.4, 0.5) is 0 Å². The van der Waals surface area contributed by atoms with Gasteiger partial charge in [-0.05, 0) is 30.2 Å². The normalized spacial score (nSPS) is 9.25. The fourth-order valence-corrected chi connectivity index (χ4v) is 1.89. The summed E-state index contributed by atoms with van der Waals surface area (Å²) in [7, 11) is 0. The summed E-state index contributed by atoms with van der Waals surface area (Å²) in [6.45, 7) is 6.11. The summed E-state index contributed by atoms with van der Waals surface area (Å²) in [5.74, 6) is 0. The van der Waals surface area contributed by atoms with Crippen molar-refractivity contribution in [3.05, 3.63) is 58.6 Å². The zero-order valence-corrected chi connectivity index (χ0v) is 11.6. The first kappa shape index (κ1) is 13.0. The average Bonchev–Trinajstić information content (AvgIpc) is 2.32. The van der Waals surface area contributed by atoms with Crippen LogP contribution in [0.15, 0.2) is 53.0 Å². The number of aryl methyl sites for hydroxylation is 1. The van der Waals surface area contributed by atoms with Gasteiger partial charge in [0.25, 0.3) is 0 Å². The third-order valence-corrected chi connectivity index (χ3v) is 2.67. The lowest BCUT2D eigenvalue weighted by molar-refractivity contribution is 1.46. The van der Waals surface area contributed by atoms with Crippen molar-refractivity contribution in [3.63, 3.8) is 0 Å². The summed E-state index contributed by atoms with van der Waals surface area (Å²) >= 11 is 3.48. The number of rotatable bonds is 1. The quantitative estimate of drug-likeness (QED) is 0.650. The van der Waals surface area contributed by atoms with Gasteiger partial charge in [0.15, 0.2) is 0 Å². The van der Waals surface area contributed by atoms with Crippen LogP contribution in [-0.2, 0) is 0 Å². The highest BCUT2D eigenvalue weighted by Crippen LogP contribution is 2.23. The molecular formula is C15H17Br. The van der Waals surface area contributed by atoms with Gasteiger partial charge in [0.1, 0.15) is 0 Å². The van der Waals surface area contributed by atoms with Gasteiger partial charge in [-0.1, -0.05) is 71.7 Å². The molecule has 0 nitrogen and oxygen atoms in total. The topological polar surface area (TPSA) is 0 Å². The molecule has 1 heteroatoms. The standard InChI is InChI=1S/C13H11Br.C2H6/c1-10-4-2-5-11(8-10)12-6-3-7-13(14)9-12;1-2/h2-9H,1H3;1-2H3. The Labute approximate surface area is 106 Å². The van der Waals surface area contributed by atoms with E-state index in [1.807, 2.05) is 19.9 Å². The van der Waals surface area contributed by atoms with Crippen molar-refractivity contribution in [1.82, 2.24) is 0 Å². The molecular weight excluding hydrogens is 260 g/mol. The van der Waals surface area contributed by atoms with Crippen LogP contribution in [0, 0.1) is 6.92 Å². The van der Waals surface area contributed by atoms with Crippen LogP contribution in [0.2, 0.25) is 0 Å². The summed E-state index contributed by atoms with van der Waals surface area (Å²) in [5.41, 5.74) is 3.82. The van der Waals surface area contributed by atoms with Gasteiger partial charge >= 0.3 is 0 Å². The van der Waals surface area contributed by atoms with Crippen molar-refractivity contribution in [2.75, 3.05) is 0 Å². The summed E-state index contributed by atoms with van der Waals surface area (Å²) < 4.78 is 1.12. The van der Waals surface area contributed by atoms with Crippen LogP contribution in [0.5, 0.6) is 0 Å². The highest BCUT2D eigenvalue weighted by Gasteiger charge is 1.97. The fourth-order valence-electron chi connectivity index (χ4n) is 1.49. The largest absolute Gasteiger partial charge is 0.0683 e. The third kappa shape index (κ3) is 3.49. The first-order chi connectivity index (χ1) is 7.75. The summed E-state index contributed by atoms with van der Waals surface area (Å²) in [5, 5.41) is 0. The van der Waals surface area contributed by atoms with Gasteiger partial charge in [-0.15, -0.1) is 0 Å². The Balaban J connectivity index is 0.000000606. The minimum Gasteiger partial charge on any atom is -0.0683 e. The van der Waals surface area contributed by atoms with E-state index in [1.165, 1.54) is 16.7 Å². The van der Waals surface area contributed by atoms with Gasteiger partial charge in [0, 0.05) is 4.47 Å². The molecule has 16 heavy (non-hydrogen) atoms. The molecule has 0 N–H and O–H groups in total. The van der Waals surface area contributed by atoms with E-state index in [0.29, 0.717) is 0 Å². The average molecular weight is 277 g/mol. The maximum Gasteiger partial charge on any atom is 0.0181 e. The molecule has 0 spiro atoms. The Hall–Kier alpha value is -1.08. The van der Waals surface area contributed by atoms with Crippen molar-refractivity contribution in [2.24, 2.45) is 0 Å².